The van der Waals surface area contributed by atoms with Crippen molar-refractivity contribution in [2.75, 3.05) is 27.2 Å². The van der Waals surface area contributed by atoms with E-state index in [1.807, 2.05) is 38.4 Å². The van der Waals surface area contributed by atoms with Crippen LogP contribution >= 0.6 is 15.9 Å². The van der Waals surface area contributed by atoms with Crippen LogP contribution in [0.3, 0.4) is 0 Å². The molecule has 5 heteroatoms. The molecule has 0 saturated carbocycles. The molecule has 0 saturated heterocycles. The molecule has 0 bridgehead atoms. The van der Waals surface area contributed by atoms with Crippen LogP contribution in [0.2, 0.25) is 0 Å². The van der Waals surface area contributed by atoms with Crippen LogP contribution in [0.5, 0.6) is 5.75 Å². The average Bonchev–Trinajstić information content (AvgIpc) is 2.52. The molecule has 3 nitrogen and oxygen atoms in total. The van der Waals surface area contributed by atoms with Crippen LogP contribution in [0.15, 0.2) is 46.9 Å². The van der Waals surface area contributed by atoms with Gasteiger partial charge in [0.2, 0.25) is 0 Å². The normalized spacial score (nSPS) is 11.0. The smallest absolute Gasteiger partial charge is 0.129 e. The van der Waals surface area contributed by atoms with Crippen LogP contribution in [0.1, 0.15) is 11.1 Å². The molecule has 124 valence electrons. The van der Waals surface area contributed by atoms with Crippen LogP contribution < -0.4 is 10.1 Å². The number of nitrogens with zero attached hydrogens (tertiary/aromatic N) is 1. The summed E-state index contributed by atoms with van der Waals surface area (Å²) in [5.74, 6) is 0.532. The summed E-state index contributed by atoms with van der Waals surface area (Å²) in [6, 6.07) is 12.5. The molecule has 0 amide bonds. The molecule has 2 aromatic carbocycles. The van der Waals surface area contributed by atoms with Crippen molar-refractivity contribution in [1.29, 1.82) is 0 Å². The Kier molecular flexibility index (Phi) is 7.02. The van der Waals surface area contributed by atoms with Crippen molar-refractivity contribution in [2.24, 2.45) is 0 Å². The second kappa shape index (κ2) is 9.01. The van der Waals surface area contributed by atoms with Gasteiger partial charge in [-0.05, 0) is 38.4 Å². The summed E-state index contributed by atoms with van der Waals surface area (Å²) in [7, 11) is 4.09. The first kappa shape index (κ1) is 17.9. The summed E-state index contributed by atoms with van der Waals surface area (Å²) < 4.78 is 20.5. The number of likely N-dealkylation sites (N-methyl/N-ethyl adjacent to an activating group) is 1. The Bertz CT molecular complexity index is 634. The second-order valence-electron chi connectivity index (χ2n) is 5.61. The molecule has 0 spiro atoms. The van der Waals surface area contributed by atoms with E-state index in [1.165, 1.54) is 6.07 Å². The van der Waals surface area contributed by atoms with E-state index in [0.717, 1.165) is 28.9 Å². The maximum absolute atomic E-state index is 13.7. The molecule has 0 atom stereocenters. The van der Waals surface area contributed by atoms with Crippen LogP contribution in [-0.4, -0.2) is 32.1 Å². The summed E-state index contributed by atoms with van der Waals surface area (Å²) in [5, 5.41) is 3.39. The Balaban J connectivity index is 1.99. The highest BCUT2D eigenvalue weighted by atomic mass is 79.9. The van der Waals surface area contributed by atoms with Crippen molar-refractivity contribution < 1.29 is 9.13 Å². The average molecular weight is 381 g/mol. The van der Waals surface area contributed by atoms with E-state index in [1.54, 1.807) is 12.1 Å². The summed E-state index contributed by atoms with van der Waals surface area (Å²) in [4.78, 5) is 2.13. The van der Waals surface area contributed by atoms with Gasteiger partial charge in [-0.15, -0.1) is 0 Å². The Hall–Kier alpha value is -1.43. The molecule has 0 aliphatic heterocycles. The summed E-state index contributed by atoms with van der Waals surface area (Å²) in [6.45, 7) is 2.80. The van der Waals surface area contributed by atoms with Crippen LogP contribution in [-0.2, 0) is 13.2 Å². The summed E-state index contributed by atoms with van der Waals surface area (Å²) in [5.41, 5.74) is 1.61. The number of ether oxygens (including phenoxy) is 1. The first-order chi connectivity index (χ1) is 11.1. The quantitative estimate of drug-likeness (QED) is 0.704. The van der Waals surface area contributed by atoms with Crippen LogP contribution in [0.4, 0.5) is 4.39 Å². The SMILES string of the molecule is CN(C)CCNCc1cc(Br)ccc1OCc1ccccc1F. The minimum Gasteiger partial charge on any atom is -0.488 e. The summed E-state index contributed by atoms with van der Waals surface area (Å²) >= 11 is 3.48. The predicted molar refractivity (Wildman–Crippen MR) is 95.1 cm³/mol. The van der Waals surface area contributed by atoms with E-state index in [4.69, 9.17) is 4.74 Å². The minimum absolute atomic E-state index is 0.221. The van der Waals surface area contributed by atoms with Crippen molar-refractivity contribution >= 4 is 15.9 Å². The van der Waals surface area contributed by atoms with Crippen molar-refractivity contribution in [1.82, 2.24) is 10.2 Å². The second-order valence-corrected chi connectivity index (χ2v) is 6.53. The monoisotopic (exact) mass is 380 g/mol. The molecule has 2 rings (SSSR count). The molecular formula is C18H22BrFN2O. The summed E-state index contributed by atoms with van der Waals surface area (Å²) in [6.07, 6.45) is 0. The third-order valence-corrected chi connectivity index (χ3v) is 3.91. The molecule has 0 aromatic heterocycles. The molecular weight excluding hydrogens is 359 g/mol. The Morgan fingerprint density at radius 1 is 1.13 bits per heavy atom. The van der Waals surface area contributed by atoms with Gasteiger partial charge in [-0.3, -0.25) is 0 Å². The Labute approximate surface area is 145 Å². The third kappa shape index (κ3) is 5.94. The third-order valence-electron chi connectivity index (χ3n) is 3.41. The highest BCUT2D eigenvalue weighted by Gasteiger charge is 2.07. The van der Waals surface area contributed by atoms with Crippen molar-refractivity contribution in [2.45, 2.75) is 13.2 Å². The van der Waals surface area contributed by atoms with Crippen LogP contribution in [0.25, 0.3) is 0 Å². The fraction of sp³-hybridized carbons (Fsp3) is 0.333. The van der Waals surface area contributed by atoms with E-state index in [9.17, 15) is 4.39 Å². The van der Waals surface area contributed by atoms with Gasteiger partial charge in [0, 0.05) is 35.2 Å². The highest BCUT2D eigenvalue weighted by molar-refractivity contribution is 9.10. The lowest BCUT2D eigenvalue weighted by Gasteiger charge is -2.14. The Morgan fingerprint density at radius 2 is 1.91 bits per heavy atom. The molecule has 1 N–H and O–H groups in total. The van der Waals surface area contributed by atoms with Gasteiger partial charge in [0.25, 0.3) is 0 Å². The topological polar surface area (TPSA) is 24.5 Å². The van der Waals surface area contributed by atoms with Crippen molar-refractivity contribution in [3.05, 3.63) is 63.9 Å². The van der Waals surface area contributed by atoms with Crippen molar-refractivity contribution in [3.63, 3.8) is 0 Å². The molecule has 2 aromatic rings. The lowest BCUT2D eigenvalue weighted by Crippen LogP contribution is -2.26. The zero-order chi connectivity index (χ0) is 16.7. The first-order valence-electron chi connectivity index (χ1n) is 7.56. The molecule has 0 aliphatic rings. The van der Waals surface area contributed by atoms with Gasteiger partial charge in [-0.2, -0.15) is 0 Å². The zero-order valence-electron chi connectivity index (χ0n) is 13.5. The van der Waals surface area contributed by atoms with E-state index in [-0.39, 0.29) is 12.4 Å². The lowest BCUT2D eigenvalue weighted by molar-refractivity contribution is 0.295. The van der Waals surface area contributed by atoms with Gasteiger partial charge in [0.05, 0.1) is 0 Å². The fourth-order valence-corrected chi connectivity index (χ4v) is 2.53. The Morgan fingerprint density at radius 3 is 2.65 bits per heavy atom. The van der Waals surface area contributed by atoms with E-state index in [0.29, 0.717) is 12.1 Å². The lowest BCUT2D eigenvalue weighted by atomic mass is 10.2. The molecule has 0 fully saturated rings. The molecule has 0 heterocycles. The fourth-order valence-electron chi connectivity index (χ4n) is 2.12. The number of nitrogens with one attached hydrogen (secondary N) is 1. The van der Waals surface area contributed by atoms with Crippen LogP contribution in [0, 0.1) is 5.82 Å². The standard InChI is InChI=1S/C18H22BrFN2O/c1-22(2)10-9-21-12-15-11-16(19)7-8-18(15)23-13-14-5-3-4-6-17(14)20/h3-8,11,21H,9-10,12-13H2,1-2H3. The first-order valence-corrected chi connectivity index (χ1v) is 8.35. The van der Waals surface area contributed by atoms with E-state index < -0.39 is 0 Å². The maximum atomic E-state index is 13.7. The zero-order valence-corrected chi connectivity index (χ0v) is 15.1. The van der Waals surface area contributed by atoms with Gasteiger partial charge in [-0.1, -0.05) is 34.1 Å². The van der Waals surface area contributed by atoms with Gasteiger partial charge in [-0.25, -0.2) is 4.39 Å². The molecule has 0 aliphatic carbocycles. The maximum Gasteiger partial charge on any atom is 0.129 e. The molecule has 0 radical (unpaired) electrons. The number of rotatable bonds is 8. The van der Waals surface area contributed by atoms with Crippen molar-refractivity contribution in [3.8, 4) is 5.75 Å². The van der Waals surface area contributed by atoms with Gasteiger partial charge < -0.3 is 15.0 Å². The van der Waals surface area contributed by atoms with E-state index in [2.05, 4.69) is 26.1 Å². The number of hydrogen-bond acceptors (Lipinski definition) is 3. The predicted octanol–water partition coefficient (Wildman–Crippen LogP) is 3.82. The van der Waals surface area contributed by atoms with Gasteiger partial charge in [0.1, 0.15) is 18.2 Å². The van der Waals surface area contributed by atoms with Gasteiger partial charge >= 0.3 is 0 Å². The minimum atomic E-state index is -0.240. The van der Waals surface area contributed by atoms with E-state index >= 15 is 0 Å². The number of halogens is 2. The number of benzene rings is 2. The molecule has 0 unspecified atom stereocenters. The largest absolute Gasteiger partial charge is 0.488 e. The number of hydrogen-bond donors (Lipinski definition) is 1. The molecule has 23 heavy (non-hydrogen) atoms. The van der Waals surface area contributed by atoms with Gasteiger partial charge in [0.15, 0.2) is 0 Å². The highest BCUT2D eigenvalue weighted by Crippen LogP contribution is 2.24.